The number of nitrogens with one attached hydrogen (secondary N) is 1. The molecule has 1 N–H and O–H groups in total. The molecule has 148 valence electrons. The van der Waals surface area contributed by atoms with Gasteiger partial charge in [-0.2, -0.15) is 5.10 Å². The van der Waals surface area contributed by atoms with E-state index in [1.54, 1.807) is 11.6 Å². The average molecular weight is 404 g/mol. The number of hydrogen-bond acceptors (Lipinski definition) is 5. The van der Waals surface area contributed by atoms with Crippen LogP contribution in [0.5, 0.6) is 0 Å². The summed E-state index contributed by atoms with van der Waals surface area (Å²) in [5.41, 5.74) is 2.11. The van der Waals surface area contributed by atoms with Gasteiger partial charge in [-0.25, -0.2) is 9.48 Å². The minimum atomic E-state index is -0.629. The van der Waals surface area contributed by atoms with Crippen LogP contribution in [0.25, 0.3) is 11.8 Å². The standard InChI is InChI=1S/C20H22ClN3O4/c1-14-17(20(21)24(23-14)15-6-3-2-4-7-15)9-10-19(26)28-13-18(25)22-12-16-8-5-11-27-16/h2-4,6-7,9-10,16H,5,8,11-13H2,1H3,(H,22,25)/b10-9+/t16-/m1/s1. The summed E-state index contributed by atoms with van der Waals surface area (Å²) in [6.07, 6.45) is 4.75. The van der Waals surface area contributed by atoms with Crippen molar-refractivity contribution in [2.45, 2.75) is 25.9 Å². The molecule has 8 heteroatoms. The Kier molecular flexibility index (Phi) is 6.84. The summed E-state index contributed by atoms with van der Waals surface area (Å²) >= 11 is 6.40. The van der Waals surface area contributed by atoms with Crippen molar-refractivity contribution in [1.29, 1.82) is 0 Å². The molecule has 0 aliphatic carbocycles. The molecule has 1 fully saturated rings. The van der Waals surface area contributed by atoms with Crippen LogP contribution >= 0.6 is 11.6 Å². The number of halogens is 1. The molecule has 1 aromatic heterocycles. The van der Waals surface area contributed by atoms with Crippen LogP contribution in [0.1, 0.15) is 24.1 Å². The zero-order valence-corrected chi connectivity index (χ0v) is 16.3. The first-order valence-electron chi connectivity index (χ1n) is 9.08. The lowest BCUT2D eigenvalue weighted by Gasteiger charge is -2.10. The molecular formula is C20H22ClN3O4. The minimum absolute atomic E-state index is 0.0471. The Hall–Kier alpha value is -2.64. The second-order valence-corrected chi connectivity index (χ2v) is 6.78. The van der Waals surface area contributed by atoms with Crippen molar-refractivity contribution in [2.75, 3.05) is 19.8 Å². The van der Waals surface area contributed by atoms with Crippen molar-refractivity contribution in [3.05, 3.63) is 52.8 Å². The van der Waals surface area contributed by atoms with Gasteiger partial charge >= 0.3 is 5.97 Å². The normalized spacial score (nSPS) is 16.4. The first-order chi connectivity index (χ1) is 13.5. The number of aryl methyl sites for hydroxylation is 1. The molecule has 28 heavy (non-hydrogen) atoms. The molecule has 7 nitrogen and oxygen atoms in total. The Morgan fingerprint density at radius 2 is 2.18 bits per heavy atom. The summed E-state index contributed by atoms with van der Waals surface area (Å²) in [5.74, 6) is -0.987. The first kappa shape index (κ1) is 20.1. The van der Waals surface area contributed by atoms with E-state index in [1.165, 1.54) is 12.2 Å². The summed E-state index contributed by atoms with van der Waals surface area (Å²) < 4.78 is 12.0. The number of amides is 1. The maximum absolute atomic E-state index is 11.9. The third-order valence-corrected chi connectivity index (χ3v) is 4.69. The van der Waals surface area contributed by atoms with E-state index in [0.717, 1.165) is 25.1 Å². The van der Waals surface area contributed by atoms with E-state index >= 15 is 0 Å². The Labute approximate surface area is 168 Å². The Bertz CT molecular complexity index is 858. The maximum Gasteiger partial charge on any atom is 0.331 e. The van der Waals surface area contributed by atoms with E-state index in [1.807, 2.05) is 30.3 Å². The van der Waals surface area contributed by atoms with Crippen LogP contribution in [0.3, 0.4) is 0 Å². The van der Waals surface area contributed by atoms with Crippen molar-refractivity contribution >= 4 is 29.6 Å². The van der Waals surface area contributed by atoms with Gasteiger partial charge in [0, 0.05) is 24.8 Å². The third kappa shape index (κ3) is 5.21. The molecule has 3 rings (SSSR count). The Morgan fingerprint density at radius 3 is 2.89 bits per heavy atom. The fraction of sp³-hybridized carbons (Fsp3) is 0.350. The summed E-state index contributed by atoms with van der Waals surface area (Å²) in [5, 5.41) is 7.48. The molecule has 1 aliphatic heterocycles. The second-order valence-electron chi connectivity index (χ2n) is 6.42. The Balaban J connectivity index is 1.52. The summed E-state index contributed by atoms with van der Waals surface area (Å²) in [6, 6.07) is 9.45. The number of aromatic nitrogens is 2. The highest BCUT2D eigenvalue weighted by Gasteiger charge is 2.17. The quantitative estimate of drug-likeness (QED) is 0.567. The number of esters is 1. The van der Waals surface area contributed by atoms with Gasteiger partial charge in [0.05, 0.1) is 17.5 Å². The van der Waals surface area contributed by atoms with Crippen molar-refractivity contribution in [3.8, 4) is 5.69 Å². The first-order valence-corrected chi connectivity index (χ1v) is 9.46. The molecule has 1 aromatic carbocycles. The van der Waals surface area contributed by atoms with Crippen LogP contribution in [-0.2, 0) is 19.1 Å². The van der Waals surface area contributed by atoms with Crippen LogP contribution in [0.2, 0.25) is 5.15 Å². The van der Waals surface area contributed by atoms with Gasteiger partial charge in [-0.05, 0) is 38.0 Å². The molecule has 2 aromatic rings. The summed E-state index contributed by atoms with van der Waals surface area (Å²) in [4.78, 5) is 23.6. The number of nitrogens with zero attached hydrogens (tertiary/aromatic N) is 2. The number of carbonyl (C=O) groups excluding carboxylic acids is 2. The van der Waals surface area contributed by atoms with Gasteiger partial charge in [0.2, 0.25) is 0 Å². The van der Waals surface area contributed by atoms with E-state index in [4.69, 9.17) is 21.1 Å². The smallest absolute Gasteiger partial charge is 0.331 e. The number of rotatable bonds is 7. The third-order valence-electron chi connectivity index (χ3n) is 4.33. The van der Waals surface area contributed by atoms with Gasteiger partial charge in [-0.3, -0.25) is 4.79 Å². The zero-order valence-electron chi connectivity index (χ0n) is 15.6. The molecule has 1 aliphatic rings. The molecule has 1 saturated heterocycles. The lowest BCUT2D eigenvalue weighted by atomic mass is 10.2. The van der Waals surface area contributed by atoms with Gasteiger partial charge in [0.1, 0.15) is 5.15 Å². The average Bonchev–Trinajstić information content (AvgIpc) is 3.32. The molecule has 1 atom stereocenters. The number of benzene rings is 1. The monoisotopic (exact) mass is 403 g/mol. The molecule has 0 saturated carbocycles. The fourth-order valence-corrected chi connectivity index (χ4v) is 3.20. The van der Waals surface area contributed by atoms with Crippen molar-refractivity contribution in [3.63, 3.8) is 0 Å². The Morgan fingerprint density at radius 1 is 1.39 bits per heavy atom. The van der Waals surface area contributed by atoms with E-state index < -0.39 is 5.97 Å². The topological polar surface area (TPSA) is 82.5 Å². The van der Waals surface area contributed by atoms with Crippen LogP contribution in [0.15, 0.2) is 36.4 Å². The highest BCUT2D eigenvalue weighted by Crippen LogP contribution is 2.24. The van der Waals surface area contributed by atoms with E-state index in [-0.39, 0.29) is 18.6 Å². The lowest BCUT2D eigenvalue weighted by molar-refractivity contribution is -0.143. The molecule has 0 spiro atoms. The number of ether oxygens (including phenoxy) is 2. The molecule has 0 unspecified atom stereocenters. The second kappa shape index (κ2) is 9.52. The summed E-state index contributed by atoms with van der Waals surface area (Å²) in [6.45, 7) is 2.61. The molecule has 0 bridgehead atoms. The van der Waals surface area contributed by atoms with Gasteiger partial charge in [0.15, 0.2) is 6.61 Å². The van der Waals surface area contributed by atoms with Crippen molar-refractivity contribution in [2.24, 2.45) is 0 Å². The van der Waals surface area contributed by atoms with Crippen molar-refractivity contribution in [1.82, 2.24) is 15.1 Å². The van der Waals surface area contributed by atoms with Crippen molar-refractivity contribution < 1.29 is 19.1 Å². The van der Waals surface area contributed by atoms with Gasteiger partial charge in [0.25, 0.3) is 5.91 Å². The molecule has 0 radical (unpaired) electrons. The number of carbonyl (C=O) groups is 2. The predicted molar refractivity (Wildman–Crippen MR) is 105 cm³/mol. The highest BCUT2D eigenvalue weighted by molar-refractivity contribution is 6.31. The predicted octanol–water partition coefficient (Wildman–Crippen LogP) is 2.69. The van der Waals surface area contributed by atoms with E-state index in [9.17, 15) is 9.59 Å². The molecule has 1 amide bonds. The van der Waals surface area contributed by atoms with E-state index in [0.29, 0.717) is 23.0 Å². The number of hydrogen-bond donors (Lipinski definition) is 1. The van der Waals surface area contributed by atoms with Gasteiger partial charge < -0.3 is 14.8 Å². The minimum Gasteiger partial charge on any atom is -0.452 e. The van der Waals surface area contributed by atoms with Crippen LogP contribution in [-0.4, -0.2) is 47.5 Å². The van der Waals surface area contributed by atoms with Gasteiger partial charge in [-0.1, -0.05) is 29.8 Å². The fourth-order valence-electron chi connectivity index (χ4n) is 2.86. The highest BCUT2D eigenvalue weighted by atomic mass is 35.5. The summed E-state index contributed by atoms with van der Waals surface area (Å²) in [7, 11) is 0. The SMILES string of the molecule is Cc1nn(-c2ccccc2)c(Cl)c1/C=C/C(=O)OCC(=O)NC[C@H]1CCCO1. The lowest BCUT2D eigenvalue weighted by Crippen LogP contribution is -2.34. The molecule has 2 heterocycles. The van der Waals surface area contributed by atoms with Crippen LogP contribution in [0.4, 0.5) is 0 Å². The van der Waals surface area contributed by atoms with Gasteiger partial charge in [-0.15, -0.1) is 0 Å². The zero-order chi connectivity index (χ0) is 19.9. The maximum atomic E-state index is 11.9. The van der Waals surface area contributed by atoms with E-state index in [2.05, 4.69) is 10.4 Å². The largest absolute Gasteiger partial charge is 0.452 e. The van der Waals surface area contributed by atoms with Crippen LogP contribution < -0.4 is 5.32 Å². The van der Waals surface area contributed by atoms with Crippen LogP contribution in [0, 0.1) is 6.92 Å². The molecular weight excluding hydrogens is 382 g/mol. The number of para-hydroxylation sites is 1.